The summed E-state index contributed by atoms with van der Waals surface area (Å²) in [5, 5.41) is 2.74. The van der Waals surface area contributed by atoms with Crippen LogP contribution in [-0.2, 0) is 23.4 Å². The van der Waals surface area contributed by atoms with Gasteiger partial charge in [0.05, 0.1) is 25.4 Å². The molecule has 4 aliphatic rings. The van der Waals surface area contributed by atoms with Gasteiger partial charge in [0.2, 0.25) is 0 Å². The number of carbonyl (C=O) groups is 1. The van der Waals surface area contributed by atoms with Crippen LogP contribution in [0.5, 0.6) is 11.5 Å². The largest absolute Gasteiger partial charge is 0.498 e. The minimum Gasteiger partial charge on any atom is -0.492 e. The average molecular weight is 563 g/mol. The molecule has 0 aliphatic carbocycles. The summed E-state index contributed by atoms with van der Waals surface area (Å²) in [5.74, 6) is 1.66. The Kier molecular flexibility index (Phi) is 10.6. The second-order valence-corrected chi connectivity index (χ2v) is 9.99. The molecule has 13 heteroatoms. The van der Waals surface area contributed by atoms with E-state index in [4.69, 9.17) is 38.6 Å². The topological polar surface area (TPSA) is 120 Å². The van der Waals surface area contributed by atoms with Crippen molar-refractivity contribution in [2.24, 2.45) is 5.73 Å². The molecular formula is C26H37B2ClN2O8. The standard InChI is InChI=1S/C15H20BNO5.C10H12BNO3.CH4.ClH/c1-15(2,3)21-14(18)17-9-12-10-5-4-6-11-13(10)16(22-12)20-8-7-19-11;12-6-9-7-2-1-3-8-10(7)11(15-9)14-5-4-13-8;;/h4-6,12H,7-9H2,1-3H3,(H,17,18);1-3,9H,4-6,12H2;1H4;1H/t12-;9-;;/m11../s1. The van der Waals surface area contributed by atoms with Crippen LogP contribution in [0.1, 0.15) is 51.5 Å². The van der Waals surface area contributed by atoms with E-state index in [0.717, 1.165) is 33.6 Å². The normalized spacial score (nSPS) is 20.2. The van der Waals surface area contributed by atoms with Crippen molar-refractivity contribution < 1.29 is 37.6 Å². The third kappa shape index (κ3) is 7.00. The number of nitrogens with one attached hydrogen (secondary N) is 1. The molecular weight excluding hydrogens is 525 g/mol. The van der Waals surface area contributed by atoms with Crippen LogP contribution in [0.15, 0.2) is 36.4 Å². The fraction of sp³-hybridized carbons (Fsp3) is 0.500. The van der Waals surface area contributed by atoms with Crippen molar-refractivity contribution in [3.63, 3.8) is 0 Å². The van der Waals surface area contributed by atoms with E-state index in [9.17, 15) is 4.79 Å². The van der Waals surface area contributed by atoms with E-state index < -0.39 is 18.8 Å². The first kappa shape index (κ1) is 31.1. The van der Waals surface area contributed by atoms with Gasteiger partial charge in [0, 0.05) is 24.0 Å². The number of rotatable bonds is 3. The van der Waals surface area contributed by atoms with Gasteiger partial charge in [-0.1, -0.05) is 31.7 Å². The molecule has 3 N–H and O–H groups in total. The van der Waals surface area contributed by atoms with Crippen LogP contribution in [0.3, 0.4) is 0 Å². The molecule has 0 fully saturated rings. The maximum atomic E-state index is 11.8. The first-order valence-corrected chi connectivity index (χ1v) is 12.6. The zero-order valence-electron chi connectivity index (χ0n) is 21.8. The molecule has 2 aromatic rings. The van der Waals surface area contributed by atoms with Gasteiger partial charge >= 0.3 is 20.3 Å². The molecule has 0 unspecified atom stereocenters. The fourth-order valence-corrected chi connectivity index (χ4v) is 4.71. The summed E-state index contributed by atoms with van der Waals surface area (Å²) in [4.78, 5) is 11.8. The van der Waals surface area contributed by atoms with E-state index in [-0.39, 0.29) is 39.2 Å². The van der Waals surface area contributed by atoms with Crippen LogP contribution < -0.4 is 31.4 Å². The Morgan fingerprint density at radius 3 is 1.95 bits per heavy atom. The van der Waals surface area contributed by atoms with E-state index in [1.807, 2.05) is 57.2 Å². The lowest BCUT2D eigenvalue weighted by molar-refractivity contribution is 0.0494. The van der Waals surface area contributed by atoms with Crippen LogP contribution in [0.2, 0.25) is 0 Å². The van der Waals surface area contributed by atoms with Gasteiger partial charge in [-0.15, -0.1) is 12.4 Å². The highest BCUT2D eigenvalue weighted by Crippen LogP contribution is 2.30. The molecule has 1 amide bonds. The Hall–Kier alpha value is -2.47. The molecule has 2 atom stereocenters. The third-order valence-electron chi connectivity index (χ3n) is 6.21. The van der Waals surface area contributed by atoms with Gasteiger partial charge in [-0.25, -0.2) is 4.79 Å². The smallest absolute Gasteiger partial charge is 0.492 e. The highest BCUT2D eigenvalue weighted by Gasteiger charge is 2.42. The molecule has 4 aliphatic heterocycles. The number of nitrogens with two attached hydrogens (primary N) is 1. The van der Waals surface area contributed by atoms with E-state index in [1.54, 1.807) is 0 Å². The maximum absolute atomic E-state index is 11.8. The number of hydrogen-bond donors (Lipinski definition) is 2. The fourth-order valence-electron chi connectivity index (χ4n) is 4.71. The number of amides is 1. The summed E-state index contributed by atoms with van der Waals surface area (Å²) < 4.78 is 39.3. The summed E-state index contributed by atoms with van der Waals surface area (Å²) in [7, 11) is -0.730. The van der Waals surface area contributed by atoms with Gasteiger partial charge in [-0.05, 0) is 44.0 Å². The summed E-state index contributed by atoms with van der Waals surface area (Å²) in [6.45, 7) is 8.39. The van der Waals surface area contributed by atoms with E-state index in [2.05, 4.69) is 5.32 Å². The molecule has 0 saturated heterocycles. The molecule has 0 spiro atoms. The summed E-state index contributed by atoms with van der Waals surface area (Å²) in [6, 6.07) is 11.7. The number of alkyl carbamates (subject to hydrolysis) is 1. The van der Waals surface area contributed by atoms with Crippen molar-refractivity contribution in [1.82, 2.24) is 5.32 Å². The van der Waals surface area contributed by atoms with Crippen LogP contribution in [-0.4, -0.2) is 65.4 Å². The molecule has 0 saturated carbocycles. The van der Waals surface area contributed by atoms with Gasteiger partial charge in [-0.3, -0.25) is 0 Å². The van der Waals surface area contributed by atoms with Gasteiger partial charge in [0.1, 0.15) is 30.3 Å². The van der Waals surface area contributed by atoms with E-state index >= 15 is 0 Å². The first-order chi connectivity index (χ1) is 17.8. The Bertz CT molecular complexity index is 1140. The lowest BCUT2D eigenvalue weighted by Gasteiger charge is -2.21. The molecule has 10 nitrogen and oxygen atoms in total. The first-order valence-electron chi connectivity index (χ1n) is 12.6. The van der Waals surface area contributed by atoms with Crippen molar-refractivity contribution in [3.05, 3.63) is 47.5 Å². The van der Waals surface area contributed by atoms with Crippen LogP contribution in [0.4, 0.5) is 4.79 Å². The van der Waals surface area contributed by atoms with Crippen LogP contribution >= 0.6 is 12.4 Å². The average Bonchev–Trinajstić information content (AvgIpc) is 3.23. The minimum atomic E-state index is -0.522. The van der Waals surface area contributed by atoms with Gasteiger partial charge in [0.15, 0.2) is 0 Å². The zero-order chi connectivity index (χ0) is 26.0. The van der Waals surface area contributed by atoms with Crippen molar-refractivity contribution in [2.75, 3.05) is 39.5 Å². The highest BCUT2D eigenvalue weighted by molar-refractivity contribution is 6.64. The van der Waals surface area contributed by atoms with Crippen molar-refractivity contribution in [3.8, 4) is 11.5 Å². The lowest BCUT2D eigenvalue weighted by Crippen LogP contribution is -2.35. The zero-order valence-corrected chi connectivity index (χ0v) is 22.6. The molecule has 0 aromatic heterocycles. The van der Waals surface area contributed by atoms with E-state index in [1.165, 1.54) is 0 Å². The number of ether oxygens (including phenoxy) is 3. The number of benzene rings is 2. The lowest BCUT2D eigenvalue weighted by atomic mass is 9.78. The monoisotopic (exact) mass is 562 g/mol. The molecule has 4 heterocycles. The quantitative estimate of drug-likeness (QED) is 0.543. The second kappa shape index (κ2) is 13.3. The summed E-state index contributed by atoms with van der Waals surface area (Å²) in [5.41, 5.74) is 9.16. The van der Waals surface area contributed by atoms with Crippen molar-refractivity contribution in [1.29, 1.82) is 0 Å². The number of hydrogen-bond acceptors (Lipinski definition) is 9. The molecule has 0 radical (unpaired) electrons. The van der Waals surface area contributed by atoms with E-state index in [0.29, 0.717) is 39.5 Å². The minimum absolute atomic E-state index is 0. The highest BCUT2D eigenvalue weighted by atomic mass is 35.5. The maximum Gasteiger partial charge on any atom is 0.498 e. The SMILES string of the molecule is C.CC(C)(C)OC(=O)NC[C@H]1OB2OCCOc3cccc1c32.Cl.NC[C@H]1OB2OCCOc3cccc1c32. The van der Waals surface area contributed by atoms with Gasteiger partial charge < -0.3 is 43.9 Å². The second-order valence-electron chi connectivity index (χ2n) is 9.99. The molecule has 212 valence electrons. The Morgan fingerprint density at radius 2 is 1.44 bits per heavy atom. The Labute approximate surface area is 236 Å². The molecule has 6 rings (SSSR count). The Balaban J connectivity index is 0.000000217. The predicted octanol–water partition coefficient (Wildman–Crippen LogP) is 2.27. The molecule has 2 aromatic carbocycles. The Morgan fingerprint density at radius 1 is 0.923 bits per heavy atom. The number of halogens is 1. The van der Waals surface area contributed by atoms with Crippen LogP contribution in [0.25, 0.3) is 0 Å². The van der Waals surface area contributed by atoms with Gasteiger partial charge in [0.25, 0.3) is 0 Å². The van der Waals surface area contributed by atoms with Crippen molar-refractivity contribution in [2.45, 2.75) is 46.0 Å². The van der Waals surface area contributed by atoms with Gasteiger partial charge in [-0.2, -0.15) is 0 Å². The predicted molar refractivity (Wildman–Crippen MR) is 151 cm³/mol. The van der Waals surface area contributed by atoms with Crippen molar-refractivity contribution >= 4 is 43.7 Å². The summed E-state index contributed by atoms with van der Waals surface area (Å²) in [6.07, 6.45) is -0.790. The third-order valence-corrected chi connectivity index (χ3v) is 6.21. The summed E-state index contributed by atoms with van der Waals surface area (Å²) >= 11 is 0. The molecule has 0 bridgehead atoms. The number of carbonyl (C=O) groups excluding carboxylic acids is 1. The molecule has 39 heavy (non-hydrogen) atoms. The van der Waals surface area contributed by atoms with Crippen LogP contribution in [0, 0.1) is 0 Å².